The maximum absolute atomic E-state index is 11.4. The number of nitrogens with one attached hydrogen (secondary N) is 1. The molecule has 0 amide bonds. The second-order valence-electron chi connectivity index (χ2n) is 4.15. The predicted octanol–water partition coefficient (Wildman–Crippen LogP) is -0.142. The van der Waals surface area contributed by atoms with Crippen LogP contribution in [0.5, 0.6) is 0 Å². The number of carbonyl (C=O) groups excluding carboxylic acids is 1. The molecule has 1 aliphatic heterocycles. The number of hydrogen-bond donors (Lipinski definition) is 1. The second-order valence-corrected chi connectivity index (χ2v) is 4.15. The molecule has 0 spiro atoms. The van der Waals surface area contributed by atoms with Crippen LogP contribution in [-0.4, -0.2) is 63.9 Å². The summed E-state index contributed by atoms with van der Waals surface area (Å²) >= 11 is 0. The Labute approximate surface area is 97.1 Å². The maximum atomic E-state index is 11.4. The van der Waals surface area contributed by atoms with Crippen molar-refractivity contribution in [2.45, 2.75) is 24.9 Å². The minimum Gasteiger partial charge on any atom is -0.468 e. The molecule has 16 heavy (non-hydrogen) atoms. The number of ether oxygens (including phenoxy) is 2. The highest BCUT2D eigenvalue weighted by Crippen LogP contribution is 2.13. The molecule has 1 rings (SSSR count). The molecule has 1 atom stereocenters. The average molecular weight is 230 g/mol. The summed E-state index contributed by atoms with van der Waals surface area (Å²) in [6.07, 6.45) is 2.07. The molecule has 1 N–H and O–H groups in total. The predicted molar refractivity (Wildman–Crippen MR) is 61.3 cm³/mol. The Morgan fingerprint density at radius 3 is 2.69 bits per heavy atom. The lowest BCUT2D eigenvalue weighted by molar-refractivity contribution is -0.143. The summed E-state index contributed by atoms with van der Waals surface area (Å²) in [7, 11) is 5.24. The van der Waals surface area contributed by atoms with E-state index in [1.165, 1.54) is 7.11 Å². The standard InChI is InChI=1S/C11H22N2O3/c1-12-10(11(14)15-3)8-13(2)9-4-6-16-7-5-9/h9-10,12H,4-8H2,1-3H3. The van der Waals surface area contributed by atoms with Crippen LogP contribution in [0.3, 0.4) is 0 Å². The highest BCUT2D eigenvalue weighted by Gasteiger charge is 2.24. The van der Waals surface area contributed by atoms with Gasteiger partial charge in [0, 0.05) is 25.8 Å². The number of methoxy groups -OCH3 is 1. The molecule has 0 aromatic carbocycles. The van der Waals surface area contributed by atoms with Gasteiger partial charge in [0.1, 0.15) is 6.04 Å². The minimum absolute atomic E-state index is 0.207. The van der Waals surface area contributed by atoms with Crippen molar-refractivity contribution in [1.82, 2.24) is 10.2 Å². The van der Waals surface area contributed by atoms with E-state index in [0.29, 0.717) is 12.6 Å². The molecule has 0 aromatic rings. The molecule has 5 heteroatoms. The molecule has 1 saturated heterocycles. The molecule has 0 aliphatic carbocycles. The quantitative estimate of drug-likeness (QED) is 0.666. The molecule has 1 aliphatic rings. The van der Waals surface area contributed by atoms with E-state index in [0.717, 1.165) is 26.1 Å². The van der Waals surface area contributed by atoms with Gasteiger partial charge in [0.25, 0.3) is 0 Å². The van der Waals surface area contributed by atoms with E-state index in [1.807, 2.05) is 7.05 Å². The van der Waals surface area contributed by atoms with E-state index >= 15 is 0 Å². The fourth-order valence-electron chi connectivity index (χ4n) is 1.99. The molecule has 5 nitrogen and oxygen atoms in total. The fourth-order valence-corrected chi connectivity index (χ4v) is 1.99. The SMILES string of the molecule is CNC(CN(C)C1CCOCC1)C(=O)OC. The summed E-state index contributed by atoms with van der Waals surface area (Å²) in [5.74, 6) is -0.207. The van der Waals surface area contributed by atoms with Crippen molar-refractivity contribution in [2.75, 3.05) is 41.0 Å². The van der Waals surface area contributed by atoms with Gasteiger partial charge >= 0.3 is 5.97 Å². The fraction of sp³-hybridized carbons (Fsp3) is 0.909. The third-order valence-electron chi connectivity index (χ3n) is 3.12. The summed E-state index contributed by atoms with van der Waals surface area (Å²) in [6.45, 7) is 2.31. The minimum atomic E-state index is -0.252. The van der Waals surface area contributed by atoms with E-state index < -0.39 is 0 Å². The molecule has 1 heterocycles. The monoisotopic (exact) mass is 230 g/mol. The lowest BCUT2D eigenvalue weighted by Gasteiger charge is -2.32. The van der Waals surface area contributed by atoms with E-state index in [2.05, 4.69) is 10.2 Å². The van der Waals surface area contributed by atoms with Gasteiger partial charge in [-0.1, -0.05) is 0 Å². The summed E-state index contributed by atoms with van der Waals surface area (Å²) in [5.41, 5.74) is 0. The van der Waals surface area contributed by atoms with Crippen LogP contribution in [0.1, 0.15) is 12.8 Å². The van der Waals surface area contributed by atoms with Gasteiger partial charge in [0.2, 0.25) is 0 Å². The van der Waals surface area contributed by atoms with Crippen LogP contribution in [0.25, 0.3) is 0 Å². The van der Waals surface area contributed by atoms with Crippen LogP contribution in [0.15, 0.2) is 0 Å². The van der Waals surface area contributed by atoms with Gasteiger partial charge in [-0.05, 0) is 26.9 Å². The van der Waals surface area contributed by atoms with Crippen molar-refractivity contribution in [3.63, 3.8) is 0 Å². The number of nitrogens with zero attached hydrogens (tertiary/aromatic N) is 1. The first-order valence-electron chi connectivity index (χ1n) is 5.72. The molecule has 0 aromatic heterocycles. The Morgan fingerprint density at radius 2 is 2.19 bits per heavy atom. The third-order valence-corrected chi connectivity index (χ3v) is 3.12. The van der Waals surface area contributed by atoms with Gasteiger partial charge in [0.15, 0.2) is 0 Å². The Balaban J connectivity index is 2.40. The summed E-state index contributed by atoms with van der Waals surface area (Å²) in [4.78, 5) is 13.6. The molecule has 0 saturated carbocycles. The summed E-state index contributed by atoms with van der Waals surface area (Å²) in [6, 6.07) is 0.257. The zero-order chi connectivity index (χ0) is 12.0. The lowest BCUT2D eigenvalue weighted by atomic mass is 10.1. The Kier molecular flexibility index (Phi) is 5.73. The smallest absolute Gasteiger partial charge is 0.324 e. The normalized spacial score (nSPS) is 19.8. The van der Waals surface area contributed by atoms with Crippen molar-refractivity contribution in [1.29, 1.82) is 0 Å². The number of hydrogen-bond acceptors (Lipinski definition) is 5. The first-order valence-corrected chi connectivity index (χ1v) is 5.72. The Morgan fingerprint density at radius 1 is 1.56 bits per heavy atom. The van der Waals surface area contributed by atoms with E-state index in [1.54, 1.807) is 7.05 Å². The number of likely N-dealkylation sites (N-methyl/N-ethyl adjacent to an activating group) is 2. The first kappa shape index (κ1) is 13.4. The van der Waals surface area contributed by atoms with Crippen LogP contribution in [0, 0.1) is 0 Å². The van der Waals surface area contributed by atoms with Crippen molar-refractivity contribution in [3.05, 3.63) is 0 Å². The highest BCUT2D eigenvalue weighted by molar-refractivity contribution is 5.75. The Hall–Kier alpha value is -0.650. The first-order chi connectivity index (χ1) is 7.69. The Bertz CT molecular complexity index is 217. The summed E-state index contributed by atoms with van der Waals surface area (Å²) < 4.78 is 10.1. The van der Waals surface area contributed by atoms with E-state index in [4.69, 9.17) is 9.47 Å². The van der Waals surface area contributed by atoms with Gasteiger partial charge in [-0.25, -0.2) is 0 Å². The zero-order valence-electron chi connectivity index (χ0n) is 10.4. The van der Waals surface area contributed by atoms with Crippen molar-refractivity contribution in [2.24, 2.45) is 0 Å². The van der Waals surface area contributed by atoms with E-state index in [9.17, 15) is 4.79 Å². The molecule has 0 bridgehead atoms. The lowest BCUT2D eigenvalue weighted by Crippen LogP contribution is -2.48. The zero-order valence-corrected chi connectivity index (χ0v) is 10.4. The van der Waals surface area contributed by atoms with E-state index in [-0.39, 0.29) is 12.0 Å². The van der Waals surface area contributed by atoms with Crippen molar-refractivity contribution in [3.8, 4) is 0 Å². The largest absolute Gasteiger partial charge is 0.468 e. The maximum Gasteiger partial charge on any atom is 0.324 e. The topological polar surface area (TPSA) is 50.8 Å². The molecule has 0 radical (unpaired) electrons. The molecule has 1 unspecified atom stereocenters. The second kappa shape index (κ2) is 6.83. The van der Waals surface area contributed by atoms with Gasteiger partial charge in [-0.3, -0.25) is 4.79 Å². The third kappa shape index (κ3) is 3.73. The van der Waals surface area contributed by atoms with Crippen molar-refractivity contribution < 1.29 is 14.3 Å². The van der Waals surface area contributed by atoms with Gasteiger partial charge < -0.3 is 19.7 Å². The molecule has 1 fully saturated rings. The van der Waals surface area contributed by atoms with Crippen LogP contribution >= 0.6 is 0 Å². The van der Waals surface area contributed by atoms with Crippen LogP contribution < -0.4 is 5.32 Å². The van der Waals surface area contributed by atoms with Crippen LogP contribution in [-0.2, 0) is 14.3 Å². The molecular weight excluding hydrogens is 208 g/mol. The molecule has 94 valence electrons. The molecular formula is C11H22N2O3. The van der Waals surface area contributed by atoms with Crippen molar-refractivity contribution >= 4 is 5.97 Å². The van der Waals surface area contributed by atoms with Gasteiger partial charge in [-0.15, -0.1) is 0 Å². The highest BCUT2D eigenvalue weighted by atomic mass is 16.5. The number of rotatable bonds is 5. The van der Waals surface area contributed by atoms with Gasteiger partial charge in [-0.2, -0.15) is 0 Å². The number of esters is 1. The van der Waals surface area contributed by atoms with Crippen LogP contribution in [0.2, 0.25) is 0 Å². The summed E-state index contributed by atoms with van der Waals surface area (Å²) in [5, 5.41) is 2.98. The van der Waals surface area contributed by atoms with Gasteiger partial charge in [0.05, 0.1) is 7.11 Å². The van der Waals surface area contributed by atoms with Crippen LogP contribution in [0.4, 0.5) is 0 Å². The average Bonchev–Trinajstić information content (AvgIpc) is 2.35. The number of carbonyl (C=O) groups is 1.